The van der Waals surface area contributed by atoms with Crippen LogP contribution in [0.4, 0.5) is 10.2 Å². The van der Waals surface area contributed by atoms with Crippen LogP contribution in [0.15, 0.2) is 42.7 Å². The molecular weight excluding hydrogens is 443 g/mol. The Kier molecular flexibility index (Phi) is 7.83. The van der Waals surface area contributed by atoms with Gasteiger partial charge in [-0.25, -0.2) is 19.3 Å². The molecular formula is C28H35FN4O2. The number of benzene rings is 1. The average Bonchev–Trinajstić information content (AvgIpc) is 3.69. The largest absolute Gasteiger partial charge is 0.497 e. The molecule has 0 aliphatic heterocycles. The summed E-state index contributed by atoms with van der Waals surface area (Å²) in [6.07, 6.45) is 5.32. The summed E-state index contributed by atoms with van der Waals surface area (Å²) in [6.45, 7) is 7.39. The molecule has 186 valence electrons. The van der Waals surface area contributed by atoms with Gasteiger partial charge in [-0.1, -0.05) is 20.8 Å². The van der Waals surface area contributed by atoms with E-state index >= 15 is 0 Å². The first kappa shape index (κ1) is 24.9. The first-order valence-corrected chi connectivity index (χ1v) is 12.4. The Bertz CT molecular complexity index is 1150. The lowest BCUT2D eigenvalue weighted by atomic mass is 9.96. The Morgan fingerprint density at radius 3 is 2.57 bits per heavy atom. The highest BCUT2D eigenvalue weighted by molar-refractivity contribution is 5.70. The monoisotopic (exact) mass is 478 g/mol. The fraction of sp³-hybridized carbons (Fsp3) is 0.464. The molecule has 0 spiro atoms. The van der Waals surface area contributed by atoms with Crippen LogP contribution >= 0.6 is 0 Å². The number of hydrogen-bond donors (Lipinski definition) is 0. The van der Waals surface area contributed by atoms with Crippen LogP contribution in [0.3, 0.4) is 0 Å². The van der Waals surface area contributed by atoms with Crippen molar-refractivity contribution in [3.8, 4) is 22.8 Å². The van der Waals surface area contributed by atoms with E-state index in [1.54, 1.807) is 25.6 Å². The molecule has 0 radical (unpaired) electrons. The number of pyridine rings is 1. The van der Waals surface area contributed by atoms with Gasteiger partial charge in [-0.3, -0.25) is 0 Å². The maximum Gasteiger partial charge on any atom is 0.221 e. The molecule has 1 fully saturated rings. The summed E-state index contributed by atoms with van der Waals surface area (Å²) in [5, 5.41) is 0. The summed E-state index contributed by atoms with van der Waals surface area (Å²) in [4.78, 5) is 15.9. The third kappa shape index (κ3) is 6.08. The lowest BCUT2D eigenvalue weighted by Crippen LogP contribution is -2.20. The van der Waals surface area contributed by atoms with E-state index in [2.05, 4.69) is 41.7 Å². The molecule has 0 saturated heterocycles. The molecule has 0 N–H and O–H groups in total. The van der Waals surface area contributed by atoms with E-state index in [4.69, 9.17) is 14.5 Å². The molecule has 7 heteroatoms. The number of rotatable bonds is 11. The fourth-order valence-electron chi connectivity index (χ4n) is 4.34. The Hall–Kier alpha value is -3.22. The Morgan fingerprint density at radius 1 is 1.09 bits per heavy atom. The van der Waals surface area contributed by atoms with Crippen LogP contribution in [0.25, 0.3) is 11.1 Å². The summed E-state index contributed by atoms with van der Waals surface area (Å²) in [5.41, 5.74) is 2.94. The third-order valence-corrected chi connectivity index (χ3v) is 6.41. The second-order valence-corrected chi connectivity index (χ2v) is 9.72. The normalized spacial score (nSPS) is 14.1. The molecule has 1 aromatic carbocycles. The number of methoxy groups -OCH3 is 1. The van der Waals surface area contributed by atoms with E-state index in [-0.39, 0.29) is 5.82 Å². The Labute approximate surface area is 207 Å². The summed E-state index contributed by atoms with van der Waals surface area (Å²) in [5.74, 6) is 3.07. The van der Waals surface area contributed by atoms with Crippen molar-refractivity contribution in [2.24, 2.45) is 11.8 Å². The molecule has 1 aliphatic rings. The molecule has 35 heavy (non-hydrogen) atoms. The number of anilines is 1. The van der Waals surface area contributed by atoms with Crippen molar-refractivity contribution in [3.63, 3.8) is 0 Å². The van der Waals surface area contributed by atoms with Gasteiger partial charge in [0.2, 0.25) is 5.88 Å². The second kappa shape index (κ2) is 11.0. The van der Waals surface area contributed by atoms with Crippen molar-refractivity contribution in [2.45, 2.75) is 52.5 Å². The fourth-order valence-corrected chi connectivity index (χ4v) is 4.34. The van der Waals surface area contributed by atoms with E-state index in [1.807, 2.05) is 19.2 Å². The van der Waals surface area contributed by atoms with Gasteiger partial charge in [0.1, 0.15) is 23.7 Å². The third-order valence-electron chi connectivity index (χ3n) is 6.41. The van der Waals surface area contributed by atoms with Gasteiger partial charge in [0, 0.05) is 35.9 Å². The van der Waals surface area contributed by atoms with Gasteiger partial charge in [-0.2, -0.15) is 0 Å². The van der Waals surface area contributed by atoms with Crippen LogP contribution in [0.5, 0.6) is 11.6 Å². The molecule has 6 nitrogen and oxygen atoms in total. The summed E-state index contributed by atoms with van der Waals surface area (Å²) >= 11 is 0. The van der Waals surface area contributed by atoms with Crippen LogP contribution in [-0.2, 0) is 6.54 Å². The maximum absolute atomic E-state index is 14.7. The predicted molar refractivity (Wildman–Crippen MR) is 136 cm³/mol. The number of nitrogens with zero attached hydrogens (tertiary/aromatic N) is 4. The number of halogens is 1. The quantitative estimate of drug-likeness (QED) is 0.324. The smallest absolute Gasteiger partial charge is 0.221 e. The van der Waals surface area contributed by atoms with E-state index < -0.39 is 0 Å². The molecule has 1 atom stereocenters. The standard InChI is InChI=1S/C28H35FN4O2/c1-6-22(19-7-8-19)26-14-27(31-17-30-26)33(4)15-20-9-11-23(28(32-20)35-16-18(2)3)24-13-21(34-5)10-12-25(24)29/h9-14,17-19,22H,6-8,15-16H2,1-5H3. The minimum atomic E-state index is -0.346. The SMILES string of the molecule is CCC(c1cc(N(C)Cc2ccc(-c3cc(OC)ccc3F)c(OCC(C)C)n2)ncn1)C1CC1. The molecule has 1 saturated carbocycles. The maximum atomic E-state index is 14.7. The highest BCUT2D eigenvalue weighted by Gasteiger charge is 2.32. The van der Waals surface area contributed by atoms with Gasteiger partial charge in [-0.15, -0.1) is 0 Å². The molecule has 0 bridgehead atoms. The Balaban J connectivity index is 1.60. The van der Waals surface area contributed by atoms with Gasteiger partial charge in [0.05, 0.1) is 26.0 Å². The van der Waals surface area contributed by atoms with Crippen molar-refractivity contribution in [3.05, 3.63) is 59.9 Å². The molecule has 1 aliphatic carbocycles. The number of hydrogen-bond acceptors (Lipinski definition) is 6. The highest BCUT2D eigenvalue weighted by atomic mass is 19.1. The van der Waals surface area contributed by atoms with Crippen molar-refractivity contribution in [1.29, 1.82) is 0 Å². The summed E-state index contributed by atoms with van der Waals surface area (Å²) < 4.78 is 26.1. The lowest BCUT2D eigenvalue weighted by Gasteiger charge is -2.21. The van der Waals surface area contributed by atoms with E-state index in [0.29, 0.717) is 47.7 Å². The second-order valence-electron chi connectivity index (χ2n) is 9.72. The molecule has 4 rings (SSSR count). The van der Waals surface area contributed by atoms with Crippen molar-refractivity contribution in [2.75, 3.05) is 25.7 Å². The zero-order valence-corrected chi connectivity index (χ0v) is 21.3. The van der Waals surface area contributed by atoms with Crippen molar-refractivity contribution >= 4 is 5.82 Å². The van der Waals surface area contributed by atoms with E-state index in [9.17, 15) is 4.39 Å². The molecule has 3 aromatic rings. The van der Waals surface area contributed by atoms with Crippen LogP contribution < -0.4 is 14.4 Å². The van der Waals surface area contributed by atoms with Crippen LogP contribution in [-0.4, -0.2) is 35.7 Å². The van der Waals surface area contributed by atoms with Crippen LogP contribution in [0.1, 0.15) is 57.3 Å². The van der Waals surface area contributed by atoms with Gasteiger partial charge >= 0.3 is 0 Å². The Morgan fingerprint density at radius 2 is 1.89 bits per heavy atom. The van der Waals surface area contributed by atoms with Crippen molar-refractivity contribution in [1.82, 2.24) is 15.0 Å². The predicted octanol–water partition coefficient (Wildman–Crippen LogP) is 6.26. The van der Waals surface area contributed by atoms with Crippen molar-refractivity contribution < 1.29 is 13.9 Å². The van der Waals surface area contributed by atoms with Gasteiger partial charge in [0.15, 0.2) is 0 Å². The molecule has 1 unspecified atom stereocenters. The number of aromatic nitrogens is 3. The average molecular weight is 479 g/mol. The molecule has 2 heterocycles. The van der Waals surface area contributed by atoms with Crippen LogP contribution in [0, 0.1) is 17.7 Å². The van der Waals surface area contributed by atoms with Gasteiger partial charge in [0.25, 0.3) is 0 Å². The molecule has 0 amide bonds. The van der Waals surface area contributed by atoms with E-state index in [1.165, 1.54) is 18.9 Å². The topological polar surface area (TPSA) is 60.4 Å². The van der Waals surface area contributed by atoms with Crippen LogP contribution in [0.2, 0.25) is 0 Å². The minimum absolute atomic E-state index is 0.309. The first-order valence-electron chi connectivity index (χ1n) is 12.4. The highest BCUT2D eigenvalue weighted by Crippen LogP contribution is 2.44. The lowest BCUT2D eigenvalue weighted by molar-refractivity contribution is 0.262. The van der Waals surface area contributed by atoms with Gasteiger partial charge in [-0.05, 0) is 61.4 Å². The van der Waals surface area contributed by atoms with Gasteiger partial charge < -0.3 is 14.4 Å². The summed E-state index contributed by atoms with van der Waals surface area (Å²) in [6, 6.07) is 10.6. The zero-order chi connectivity index (χ0) is 24.9. The summed E-state index contributed by atoms with van der Waals surface area (Å²) in [7, 11) is 3.56. The number of ether oxygens (including phenoxy) is 2. The first-order chi connectivity index (χ1) is 16.9. The zero-order valence-electron chi connectivity index (χ0n) is 21.3. The molecule has 2 aromatic heterocycles. The minimum Gasteiger partial charge on any atom is -0.497 e. The van der Waals surface area contributed by atoms with E-state index in [0.717, 1.165) is 29.5 Å².